The van der Waals surface area contributed by atoms with E-state index in [0.29, 0.717) is 67.2 Å². The number of ether oxygens (including phenoxy) is 1. The number of benzene rings is 1. The Morgan fingerprint density at radius 1 is 1.20 bits per heavy atom. The highest BCUT2D eigenvalue weighted by Gasteiger charge is 2.35. The molecule has 5 rings (SSSR count). The number of aromatic nitrogens is 1. The number of hydrogen-bond donors (Lipinski definition) is 0. The van der Waals surface area contributed by atoms with E-state index in [1.165, 1.54) is 6.08 Å². The van der Waals surface area contributed by atoms with E-state index in [4.69, 9.17) is 32.9 Å². The first-order chi connectivity index (χ1) is 19.9. The molecule has 0 aliphatic carbocycles. The summed E-state index contributed by atoms with van der Waals surface area (Å²) in [5.74, 6) is 0.128. The van der Waals surface area contributed by atoms with E-state index in [-0.39, 0.29) is 24.4 Å². The van der Waals surface area contributed by atoms with Crippen molar-refractivity contribution in [2.24, 2.45) is 0 Å². The van der Waals surface area contributed by atoms with Gasteiger partial charge in [-0.05, 0) is 51.1 Å². The molecule has 0 saturated carbocycles. The highest BCUT2D eigenvalue weighted by atomic mass is 35.5. The number of rotatable bonds is 7. The van der Waals surface area contributed by atoms with Gasteiger partial charge in [-0.2, -0.15) is 10.5 Å². The Labute approximate surface area is 251 Å². The highest BCUT2D eigenvalue weighted by Crippen LogP contribution is 2.40. The Hall–Kier alpha value is -3.50. The Balaban J connectivity index is 1.54. The van der Waals surface area contributed by atoms with Crippen LogP contribution in [0.15, 0.2) is 30.9 Å². The smallest absolute Gasteiger partial charge is 0.246 e. The molecule has 2 saturated heterocycles. The molecule has 0 spiro atoms. The summed E-state index contributed by atoms with van der Waals surface area (Å²) in [5.41, 5.74) is 3.83. The van der Waals surface area contributed by atoms with Crippen molar-refractivity contribution in [2.45, 2.75) is 44.3 Å². The van der Waals surface area contributed by atoms with Gasteiger partial charge in [0.25, 0.3) is 0 Å². The van der Waals surface area contributed by atoms with Crippen LogP contribution < -0.4 is 14.5 Å². The lowest BCUT2D eigenvalue weighted by Crippen LogP contribution is -2.55. The third-order valence-corrected chi connectivity index (χ3v) is 9.15. The molecule has 1 aromatic heterocycles. The average Bonchev–Trinajstić information content (AvgIpc) is 3.40. The predicted octanol–water partition coefficient (Wildman–Crippen LogP) is 4.41. The molecule has 0 radical (unpaired) electrons. The van der Waals surface area contributed by atoms with Gasteiger partial charge in [0.2, 0.25) is 11.8 Å². The number of amides is 1. The van der Waals surface area contributed by atoms with Crippen LogP contribution >= 0.6 is 23.2 Å². The average molecular weight is 595 g/mol. The molecule has 11 heteroatoms. The summed E-state index contributed by atoms with van der Waals surface area (Å²) in [5, 5.41) is 20.9. The van der Waals surface area contributed by atoms with Gasteiger partial charge in [-0.15, -0.1) is 0 Å². The lowest BCUT2D eigenvalue weighted by Gasteiger charge is -2.43. The van der Waals surface area contributed by atoms with Crippen LogP contribution in [0.4, 0.5) is 11.4 Å². The number of carbonyl (C=O) groups is 1. The third-order valence-electron chi connectivity index (χ3n) is 8.34. The second kappa shape index (κ2) is 12.6. The highest BCUT2D eigenvalue weighted by molar-refractivity contribution is 6.43. The summed E-state index contributed by atoms with van der Waals surface area (Å²) < 4.78 is 6.32. The van der Waals surface area contributed by atoms with Crippen LogP contribution in [0.5, 0.6) is 5.88 Å². The summed E-state index contributed by atoms with van der Waals surface area (Å²) in [4.78, 5) is 25.7. The van der Waals surface area contributed by atoms with E-state index in [1.54, 1.807) is 11.0 Å². The van der Waals surface area contributed by atoms with E-state index in [2.05, 4.69) is 40.5 Å². The summed E-state index contributed by atoms with van der Waals surface area (Å²) >= 11 is 12.9. The molecule has 1 aromatic carbocycles. The van der Waals surface area contributed by atoms with Crippen LogP contribution in [-0.2, 0) is 17.8 Å². The number of pyridine rings is 1. The first-order valence-corrected chi connectivity index (χ1v) is 14.6. The molecule has 9 nitrogen and oxygen atoms in total. The summed E-state index contributed by atoms with van der Waals surface area (Å²) in [6.45, 7) is 7.59. The van der Waals surface area contributed by atoms with Crippen LogP contribution in [0, 0.1) is 22.7 Å². The van der Waals surface area contributed by atoms with Crippen LogP contribution in [-0.4, -0.2) is 79.2 Å². The number of carbonyl (C=O) groups excluding carboxylic acids is 1. The van der Waals surface area contributed by atoms with Crippen molar-refractivity contribution in [3.63, 3.8) is 0 Å². The summed E-state index contributed by atoms with van der Waals surface area (Å²) in [6, 6.07) is 10.1. The number of nitriles is 2. The molecule has 214 valence electrons. The van der Waals surface area contributed by atoms with E-state index in [1.807, 2.05) is 12.1 Å². The fourth-order valence-electron chi connectivity index (χ4n) is 6.14. The largest absolute Gasteiger partial charge is 0.475 e. The van der Waals surface area contributed by atoms with Gasteiger partial charge in [0, 0.05) is 37.8 Å². The Morgan fingerprint density at radius 3 is 2.73 bits per heavy atom. The second-order valence-corrected chi connectivity index (χ2v) is 11.5. The first-order valence-electron chi connectivity index (χ1n) is 13.9. The Morgan fingerprint density at radius 2 is 2.02 bits per heavy atom. The fourth-order valence-corrected chi connectivity index (χ4v) is 6.56. The van der Waals surface area contributed by atoms with E-state index >= 15 is 0 Å². The van der Waals surface area contributed by atoms with Crippen LogP contribution in [0.3, 0.4) is 0 Å². The van der Waals surface area contributed by atoms with E-state index in [0.717, 1.165) is 42.0 Å². The van der Waals surface area contributed by atoms with Crippen molar-refractivity contribution in [1.29, 1.82) is 10.5 Å². The van der Waals surface area contributed by atoms with Crippen LogP contribution in [0.2, 0.25) is 10.0 Å². The second-order valence-electron chi connectivity index (χ2n) is 10.7. The minimum atomic E-state index is -0.323. The molecule has 3 aliphatic heterocycles. The maximum absolute atomic E-state index is 12.5. The molecule has 4 heterocycles. The van der Waals surface area contributed by atoms with Gasteiger partial charge in [-0.25, -0.2) is 4.98 Å². The quantitative estimate of drug-likeness (QED) is 0.435. The number of likely N-dealkylation sites (tertiary alicyclic amines) is 1. The van der Waals surface area contributed by atoms with E-state index < -0.39 is 0 Å². The van der Waals surface area contributed by atoms with Crippen LogP contribution in [0.25, 0.3) is 0 Å². The van der Waals surface area contributed by atoms with Gasteiger partial charge >= 0.3 is 0 Å². The van der Waals surface area contributed by atoms with Gasteiger partial charge in [-0.3, -0.25) is 4.79 Å². The zero-order valence-corrected chi connectivity index (χ0v) is 24.7. The normalized spacial score (nSPS) is 20.8. The van der Waals surface area contributed by atoms with Gasteiger partial charge < -0.3 is 24.3 Å². The summed E-state index contributed by atoms with van der Waals surface area (Å²) in [7, 11) is 2.09. The minimum absolute atomic E-state index is 0.184. The molecule has 2 fully saturated rings. The van der Waals surface area contributed by atoms with Crippen molar-refractivity contribution < 1.29 is 9.53 Å². The molecule has 1 amide bonds. The fraction of sp³-hybridized carbons (Fsp3) is 0.467. The molecule has 2 atom stereocenters. The Bertz CT molecular complexity index is 1420. The molecule has 3 aliphatic rings. The van der Waals surface area contributed by atoms with Crippen molar-refractivity contribution in [3.05, 3.63) is 57.7 Å². The molecular formula is C30H33Cl2N7O2. The minimum Gasteiger partial charge on any atom is -0.475 e. The maximum atomic E-state index is 12.5. The molecule has 2 aromatic rings. The van der Waals surface area contributed by atoms with Gasteiger partial charge in [0.15, 0.2) is 0 Å². The standard InChI is InChI=1S/C30H33Cl2N7O2/c1-3-27(40)39-15-14-38(17-20(39)9-11-33)29-22-10-13-37(26-8-4-7-24(31)28(26)32)18-25(22)35-30(23(29)16-34)41-19-21-6-5-12-36(21)2/h3-4,7-8,20-21H,1,5-6,9-10,12-15,17-19H2,2H3/t20-,21-/m0/s1. The van der Waals surface area contributed by atoms with E-state index in [9.17, 15) is 15.3 Å². The first kappa shape index (κ1) is 29.0. The van der Waals surface area contributed by atoms with Gasteiger partial charge in [0.05, 0.1) is 52.2 Å². The lowest BCUT2D eigenvalue weighted by atomic mass is 9.96. The number of likely N-dealkylation sites (N-methyl/N-ethyl adjacent to an activating group) is 1. The zero-order valence-electron chi connectivity index (χ0n) is 23.2. The lowest BCUT2D eigenvalue weighted by molar-refractivity contribution is -0.128. The monoisotopic (exact) mass is 593 g/mol. The maximum Gasteiger partial charge on any atom is 0.246 e. The number of hydrogen-bond acceptors (Lipinski definition) is 8. The number of halogens is 2. The van der Waals surface area contributed by atoms with Gasteiger partial charge in [0.1, 0.15) is 18.2 Å². The predicted molar refractivity (Wildman–Crippen MR) is 159 cm³/mol. The number of piperazine rings is 1. The molecule has 41 heavy (non-hydrogen) atoms. The molecular weight excluding hydrogens is 561 g/mol. The van der Waals surface area contributed by atoms with Crippen molar-refractivity contribution in [3.8, 4) is 18.0 Å². The van der Waals surface area contributed by atoms with Gasteiger partial charge in [-0.1, -0.05) is 35.8 Å². The SMILES string of the molecule is C=CC(=O)N1CCN(c2c(C#N)c(OC[C@@H]3CCCN3C)nc3c2CCN(c2cccc(Cl)c2Cl)C3)C[C@@H]1CC#N. The number of nitrogens with zero attached hydrogens (tertiary/aromatic N) is 7. The van der Waals surface area contributed by atoms with Crippen molar-refractivity contribution in [2.75, 3.05) is 56.2 Å². The molecule has 0 N–H and O–H groups in total. The van der Waals surface area contributed by atoms with Crippen molar-refractivity contribution >= 4 is 40.5 Å². The molecule has 0 bridgehead atoms. The summed E-state index contributed by atoms with van der Waals surface area (Å²) in [6.07, 6.45) is 4.25. The number of fused-ring (bicyclic) bond motifs is 1. The van der Waals surface area contributed by atoms with Crippen LogP contribution in [0.1, 0.15) is 36.1 Å². The molecule has 0 unspecified atom stereocenters. The number of anilines is 2. The zero-order chi connectivity index (χ0) is 29.1. The third kappa shape index (κ3) is 5.81. The van der Waals surface area contributed by atoms with Crippen molar-refractivity contribution in [1.82, 2.24) is 14.8 Å². The topological polar surface area (TPSA) is 99.7 Å². The Kier molecular flexibility index (Phi) is 8.89.